The first-order chi connectivity index (χ1) is 9.81. The fourth-order valence-corrected chi connectivity index (χ4v) is 1.79. The van der Waals surface area contributed by atoms with E-state index in [2.05, 4.69) is 21.5 Å². The summed E-state index contributed by atoms with van der Waals surface area (Å²) in [5, 5.41) is 9.07. The molecule has 0 bridgehead atoms. The molecule has 3 rings (SSSR count). The Morgan fingerprint density at radius 3 is 3.00 bits per heavy atom. The number of hydrogen-bond acceptors (Lipinski definition) is 6. The zero-order valence-corrected chi connectivity index (χ0v) is 10.3. The van der Waals surface area contributed by atoms with Crippen molar-refractivity contribution in [3.63, 3.8) is 0 Å². The van der Waals surface area contributed by atoms with E-state index in [1.807, 2.05) is 0 Å². The molecule has 2 aromatic heterocycles. The van der Waals surface area contributed by atoms with Gasteiger partial charge >= 0.3 is 0 Å². The number of nitrogens with zero attached hydrogens (tertiary/aromatic N) is 4. The normalized spacial score (nSPS) is 10.2. The van der Waals surface area contributed by atoms with Gasteiger partial charge in [-0.15, -0.1) is 0 Å². The van der Waals surface area contributed by atoms with E-state index < -0.39 is 0 Å². The molecule has 0 unspecified atom stereocenters. The highest BCUT2D eigenvalue weighted by atomic mass is 16.5. The number of aromatic nitrogens is 3. The van der Waals surface area contributed by atoms with Crippen LogP contribution in [0.4, 0.5) is 5.82 Å². The summed E-state index contributed by atoms with van der Waals surface area (Å²) in [7, 11) is 0. The molecule has 3 N–H and O–H groups in total. The van der Waals surface area contributed by atoms with Crippen LogP contribution in [-0.4, -0.2) is 14.4 Å². The third kappa shape index (κ3) is 2.00. The number of anilines is 1. The number of ether oxygens (including phenoxy) is 1. The molecule has 0 amide bonds. The largest absolute Gasteiger partial charge is 0.434 e. The number of para-hydroxylation sites is 1. The zero-order valence-electron chi connectivity index (χ0n) is 10.3. The highest BCUT2D eigenvalue weighted by molar-refractivity contribution is 5.56. The molecule has 0 saturated heterocycles. The van der Waals surface area contributed by atoms with Crippen LogP contribution in [-0.2, 0) is 0 Å². The van der Waals surface area contributed by atoms with Gasteiger partial charge in [0.1, 0.15) is 11.8 Å². The van der Waals surface area contributed by atoms with Gasteiger partial charge in [0.05, 0.1) is 11.8 Å². The highest BCUT2D eigenvalue weighted by Gasteiger charge is 2.11. The lowest BCUT2D eigenvalue weighted by atomic mass is 10.2. The molecule has 7 nitrogen and oxygen atoms in total. The molecule has 2 heterocycles. The quantitative estimate of drug-likeness (QED) is 0.552. The third-order valence-corrected chi connectivity index (χ3v) is 2.71. The molecule has 0 spiro atoms. The van der Waals surface area contributed by atoms with Gasteiger partial charge in [-0.1, -0.05) is 12.1 Å². The molecule has 0 aliphatic rings. The Labute approximate surface area is 114 Å². The molecule has 0 fully saturated rings. The van der Waals surface area contributed by atoms with E-state index >= 15 is 0 Å². The maximum Gasteiger partial charge on any atom is 0.265 e. The van der Waals surface area contributed by atoms with E-state index in [-0.39, 0.29) is 5.88 Å². The fourth-order valence-electron chi connectivity index (χ4n) is 1.79. The molecule has 1 aromatic carbocycles. The highest BCUT2D eigenvalue weighted by Crippen LogP contribution is 2.27. The summed E-state index contributed by atoms with van der Waals surface area (Å²) in [6.07, 6.45) is 5.06. The molecule has 3 aromatic rings. The number of hydrogen-bond donors (Lipinski definition) is 2. The van der Waals surface area contributed by atoms with Gasteiger partial charge in [-0.25, -0.2) is 10.8 Å². The summed E-state index contributed by atoms with van der Waals surface area (Å²) in [5.74, 6) is 6.49. The Balaban J connectivity index is 2.10. The fraction of sp³-hybridized carbons (Fsp3) is 0. The first-order valence-corrected chi connectivity index (χ1v) is 5.79. The van der Waals surface area contributed by atoms with Crippen LogP contribution in [0.25, 0.3) is 5.65 Å². The Bertz CT molecular complexity index is 804. The summed E-state index contributed by atoms with van der Waals surface area (Å²) < 4.78 is 7.43. The number of benzene rings is 1. The number of fused-ring (bicyclic) bond motifs is 1. The van der Waals surface area contributed by atoms with E-state index in [4.69, 9.17) is 15.8 Å². The Hall–Kier alpha value is -3.11. The van der Waals surface area contributed by atoms with Crippen molar-refractivity contribution >= 4 is 11.5 Å². The maximum absolute atomic E-state index is 9.07. The molecule has 0 atom stereocenters. The number of nitriles is 1. The first-order valence-electron chi connectivity index (χ1n) is 5.79. The lowest BCUT2D eigenvalue weighted by molar-refractivity contribution is 0.464. The second-order valence-electron chi connectivity index (χ2n) is 3.94. The van der Waals surface area contributed by atoms with Crippen LogP contribution in [0, 0.1) is 11.3 Å². The number of rotatable bonds is 3. The lowest BCUT2D eigenvalue weighted by Crippen LogP contribution is -2.10. The first kappa shape index (κ1) is 12.0. The van der Waals surface area contributed by atoms with Gasteiger partial charge in [0.2, 0.25) is 5.65 Å². The van der Waals surface area contributed by atoms with Crippen LogP contribution in [0.15, 0.2) is 42.9 Å². The maximum atomic E-state index is 9.07. The molecule has 7 heteroatoms. The van der Waals surface area contributed by atoms with Crippen molar-refractivity contribution in [3.8, 4) is 17.7 Å². The van der Waals surface area contributed by atoms with Crippen LogP contribution in [0.5, 0.6) is 11.6 Å². The van der Waals surface area contributed by atoms with Crippen molar-refractivity contribution in [2.45, 2.75) is 0 Å². The van der Waals surface area contributed by atoms with E-state index in [1.165, 1.54) is 0 Å². The minimum Gasteiger partial charge on any atom is -0.434 e. The van der Waals surface area contributed by atoms with Gasteiger partial charge in [0.25, 0.3) is 5.88 Å². The molecule has 20 heavy (non-hydrogen) atoms. The topological polar surface area (TPSA) is 101 Å². The van der Waals surface area contributed by atoms with Crippen molar-refractivity contribution in [3.05, 3.63) is 48.4 Å². The van der Waals surface area contributed by atoms with Gasteiger partial charge < -0.3 is 10.2 Å². The molecule has 0 saturated carbocycles. The Kier molecular flexibility index (Phi) is 2.91. The zero-order chi connectivity index (χ0) is 13.9. The summed E-state index contributed by atoms with van der Waals surface area (Å²) in [6, 6.07) is 8.98. The number of imidazole rings is 1. The van der Waals surface area contributed by atoms with Crippen molar-refractivity contribution in [2.75, 3.05) is 5.43 Å². The molecule has 0 aliphatic carbocycles. The summed E-state index contributed by atoms with van der Waals surface area (Å²) >= 11 is 0. The van der Waals surface area contributed by atoms with Crippen LogP contribution in [0.2, 0.25) is 0 Å². The van der Waals surface area contributed by atoms with E-state index in [9.17, 15) is 0 Å². The minimum atomic E-state index is 0.271. The molecule has 0 aliphatic heterocycles. The van der Waals surface area contributed by atoms with Gasteiger partial charge in [-0.05, 0) is 12.1 Å². The molecule has 0 radical (unpaired) electrons. The average Bonchev–Trinajstić information content (AvgIpc) is 2.96. The second kappa shape index (κ2) is 4.87. The summed E-state index contributed by atoms with van der Waals surface area (Å²) in [4.78, 5) is 8.38. The van der Waals surface area contributed by atoms with Crippen LogP contribution >= 0.6 is 0 Å². The van der Waals surface area contributed by atoms with Crippen molar-refractivity contribution in [1.82, 2.24) is 14.4 Å². The van der Waals surface area contributed by atoms with Crippen LogP contribution in [0.1, 0.15) is 5.56 Å². The standard InChI is InChI=1S/C13H10N6O/c14-7-9-3-1-2-4-10(9)20-13-12-16-5-6-19(12)8-11(17-13)18-15/h1-6,8,18H,15H2. The number of nitrogens with one attached hydrogen (secondary N) is 1. The summed E-state index contributed by atoms with van der Waals surface area (Å²) in [6.45, 7) is 0. The smallest absolute Gasteiger partial charge is 0.265 e. The Morgan fingerprint density at radius 2 is 2.20 bits per heavy atom. The second-order valence-corrected chi connectivity index (χ2v) is 3.94. The SMILES string of the molecule is N#Cc1ccccc1Oc1nc(NN)cn2ccnc12. The van der Waals surface area contributed by atoms with E-state index in [0.29, 0.717) is 22.8 Å². The van der Waals surface area contributed by atoms with E-state index in [0.717, 1.165) is 0 Å². The lowest BCUT2D eigenvalue weighted by Gasteiger charge is -2.09. The summed E-state index contributed by atoms with van der Waals surface area (Å²) in [5.41, 5.74) is 3.42. The van der Waals surface area contributed by atoms with Crippen molar-refractivity contribution in [2.24, 2.45) is 5.84 Å². The van der Waals surface area contributed by atoms with Crippen molar-refractivity contribution in [1.29, 1.82) is 5.26 Å². The monoisotopic (exact) mass is 266 g/mol. The number of nitrogens with two attached hydrogens (primary N) is 1. The van der Waals surface area contributed by atoms with Crippen molar-refractivity contribution < 1.29 is 4.74 Å². The van der Waals surface area contributed by atoms with Crippen LogP contribution in [0.3, 0.4) is 0 Å². The predicted octanol–water partition coefficient (Wildman–Crippen LogP) is 1.68. The molecular weight excluding hydrogens is 256 g/mol. The van der Waals surface area contributed by atoms with Gasteiger partial charge in [0, 0.05) is 12.4 Å². The number of hydrazine groups is 1. The van der Waals surface area contributed by atoms with Gasteiger partial charge in [-0.2, -0.15) is 10.2 Å². The average molecular weight is 266 g/mol. The van der Waals surface area contributed by atoms with E-state index in [1.54, 1.807) is 47.3 Å². The molecule has 98 valence electrons. The predicted molar refractivity (Wildman–Crippen MR) is 72.0 cm³/mol. The third-order valence-electron chi connectivity index (χ3n) is 2.71. The Morgan fingerprint density at radius 1 is 1.35 bits per heavy atom. The minimum absolute atomic E-state index is 0.271. The van der Waals surface area contributed by atoms with Gasteiger partial charge in [0.15, 0.2) is 5.82 Å². The number of nitrogen functional groups attached to an aromatic ring is 1. The van der Waals surface area contributed by atoms with Gasteiger partial charge in [-0.3, -0.25) is 4.40 Å². The van der Waals surface area contributed by atoms with Crippen LogP contribution < -0.4 is 16.0 Å². The molecular formula is C13H10N6O.